The second-order valence-electron chi connectivity index (χ2n) is 13.1. The van der Waals surface area contributed by atoms with Crippen molar-refractivity contribution in [3.05, 3.63) is 70.8 Å². The molecule has 0 amide bonds. The number of epoxide rings is 2. The zero-order chi connectivity index (χ0) is 28.4. The summed E-state index contributed by atoms with van der Waals surface area (Å²) >= 11 is 0. The molecule has 4 atom stereocenters. The molecular formula is C37H48O4. The van der Waals surface area contributed by atoms with Crippen molar-refractivity contribution >= 4 is 11.1 Å². The van der Waals surface area contributed by atoms with Crippen LogP contribution in [0.15, 0.2) is 48.6 Å². The predicted octanol–water partition coefficient (Wildman–Crippen LogP) is 8.46. The first-order valence-corrected chi connectivity index (χ1v) is 16.1. The minimum atomic E-state index is 0.292. The van der Waals surface area contributed by atoms with Crippen molar-refractivity contribution in [1.82, 2.24) is 0 Å². The highest BCUT2D eigenvalue weighted by atomic mass is 16.6. The van der Waals surface area contributed by atoms with E-state index >= 15 is 0 Å². The Morgan fingerprint density at radius 3 is 1.49 bits per heavy atom. The molecule has 4 aliphatic rings. The Labute approximate surface area is 247 Å². The molecule has 220 valence electrons. The number of allylic oxidation sites excluding steroid dienone is 4. The van der Waals surface area contributed by atoms with Gasteiger partial charge in [-0.2, -0.15) is 0 Å². The Kier molecular flexibility index (Phi) is 8.60. The summed E-state index contributed by atoms with van der Waals surface area (Å²) in [5.41, 5.74) is 8.72. The van der Waals surface area contributed by atoms with E-state index in [-0.39, 0.29) is 0 Å². The molecule has 0 saturated carbocycles. The maximum atomic E-state index is 6.04. The fourth-order valence-corrected chi connectivity index (χ4v) is 6.96. The normalized spacial score (nSPS) is 25.8. The maximum Gasteiger partial charge on any atom is 0.122 e. The molecule has 2 aliphatic carbocycles. The van der Waals surface area contributed by atoms with Gasteiger partial charge in [0.15, 0.2) is 0 Å². The Morgan fingerprint density at radius 2 is 1.15 bits per heavy atom. The molecule has 2 aromatic rings. The highest BCUT2D eigenvalue weighted by Crippen LogP contribution is 2.49. The zero-order valence-corrected chi connectivity index (χ0v) is 25.5. The smallest absolute Gasteiger partial charge is 0.122 e. The Hall–Kier alpha value is -2.56. The molecular weight excluding hydrogens is 508 g/mol. The van der Waals surface area contributed by atoms with Gasteiger partial charge in [0, 0.05) is 0 Å². The standard InChI is InChI=1S/C37H48O4/c1-5-25-19-29(11-17-35(25)40-23-33-21-38-33)27-7-13-31(14-8-27)37(3,4)32-15-9-28(10-16-32)30-12-18-36(26(6-2)20-30)41-24-34-22-39-34/h7,9,11-12,17-20,31-34H,5-6,8,10,13-16,21-24H2,1-4H3. The molecule has 0 radical (unpaired) electrons. The summed E-state index contributed by atoms with van der Waals surface area (Å²) in [6.07, 6.45) is 14.9. The van der Waals surface area contributed by atoms with Crippen LogP contribution < -0.4 is 9.47 Å². The lowest BCUT2D eigenvalue weighted by Crippen LogP contribution is -2.34. The van der Waals surface area contributed by atoms with Crippen LogP contribution in [0.4, 0.5) is 0 Å². The first-order chi connectivity index (χ1) is 19.9. The van der Waals surface area contributed by atoms with E-state index in [1.165, 1.54) is 71.9 Å². The van der Waals surface area contributed by atoms with Crippen LogP contribution in [0, 0.1) is 17.3 Å². The average Bonchev–Trinajstić information content (AvgIpc) is 3.95. The second-order valence-corrected chi connectivity index (χ2v) is 13.1. The third kappa shape index (κ3) is 6.75. The second kappa shape index (κ2) is 12.4. The lowest BCUT2D eigenvalue weighted by molar-refractivity contribution is 0.0991. The van der Waals surface area contributed by atoms with E-state index in [9.17, 15) is 0 Å². The van der Waals surface area contributed by atoms with Gasteiger partial charge in [0.05, 0.1) is 13.2 Å². The van der Waals surface area contributed by atoms with E-state index in [1.807, 2.05) is 0 Å². The fourth-order valence-electron chi connectivity index (χ4n) is 6.96. The fraction of sp³-hybridized carbons (Fsp3) is 0.568. The van der Waals surface area contributed by atoms with E-state index in [2.05, 4.69) is 76.2 Å². The lowest BCUT2D eigenvalue weighted by atomic mass is 9.61. The van der Waals surface area contributed by atoms with Crippen LogP contribution in [-0.2, 0) is 22.3 Å². The monoisotopic (exact) mass is 556 g/mol. The summed E-state index contributed by atoms with van der Waals surface area (Å²) in [6.45, 7) is 12.5. The molecule has 0 N–H and O–H groups in total. The molecule has 0 aromatic heterocycles. The molecule has 4 nitrogen and oxygen atoms in total. The minimum absolute atomic E-state index is 0.292. The van der Waals surface area contributed by atoms with Gasteiger partial charge in [-0.25, -0.2) is 0 Å². The quantitative estimate of drug-likeness (QED) is 0.246. The molecule has 2 fully saturated rings. The Bertz CT molecular complexity index is 1180. The third-order valence-electron chi connectivity index (χ3n) is 10.2. The van der Waals surface area contributed by atoms with Gasteiger partial charge in [-0.05, 0) is 126 Å². The van der Waals surface area contributed by atoms with Gasteiger partial charge in [0.25, 0.3) is 0 Å². The summed E-state index contributed by atoms with van der Waals surface area (Å²) in [5, 5.41) is 0. The number of hydrogen-bond donors (Lipinski definition) is 0. The van der Waals surface area contributed by atoms with Gasteiger partial charge >= 0.3 is 0 Å². The average molecular weight is 557 g/mol. The largest absolute Gasteiger partial charge is 0.491 e. The zero-order valence-electron chi connectivity index (χ0n) is 25.5. The summed E-state index contributed by atoms with van der Waals surface area (Å²) < 4.78 is 22.7. The minimum Gasteiger partial charge on any atom is -0.491 e. The van der Waals surface area contributed by atoms with Crippen molar-refractivity contribution in [2.45, 2.75) is 91.3 Å². The van der Waals surface area contributed by atoms with Crippen molar-refractivity contribution in [2.24, 2.45) is 17.3 Å². The van der Waals surface area contributed by atoms with Crippen LogP contribution in [0.25, 0.3) is 11.1 Å². The Balaban J connectivity index is 1.07. The molecule has 2 aliphatic heterocycles. The molecule has 2 heterocycles. The molecule has 2 saturated heterocycles. The van der Waals surface area contributed by atoms with Crippen molar-refractivity contribution in [2.75, 3.05) is 26.4 Å². The van der Waals surface area contributed by atoms with Crippen LogP contribution in [0.5, 0.6) is 11.5 Å². The van der Waals surface area contributed by atoms with Gasteiger partial charge < -0.3 is 18.9 Å². The predicted molar refractivity (Wildman–Crippen MR) is 167 cm³/mol. The first-order valence-electron chi connectivity index (χ1n) is 16.1. The summed E-state index contributed by atoms with van der Waals surface area (Å²) in [4.78, 5) is 0. The van der Waals surface area contributed by atoms with Crippen LogP contribution >= 0.6 is 0 Å². The number of rotatable bonds is 12. The molecule has 6 rings (SSSR count). The molecule has 4 heteroatoms. The van der Waals surface area contributed by atoms with Gasteiger partial charge in [0.1, 0.15) is 36.9 Å². The van der Waals surface area contributed by atoms with Crippen LogP contribution in [0.1, 0.15) is 88.5 Å². The van der Waals surface area contributed by atoms with Crippen LogP contribution in [0.2, 0.25) is 0 Å². The SMILES string of the molecule is CCc1cc(C2=CCC(C(C)(C)C3CC=C(c4ccc(OCC5CO5)c(CC)c4)CC3)CC2)ccc1OCC1CO1. The van der Waals surface area contributed by atoms with E-state index in [0.717, 1.165) is 49.4 Å². The van der Waals surface area contributed by atoms with Crippen molar-refractivity contribution in [3.8, 4) is 11.5 Å². The summed E-state index contributed by atoms with van der Waals surface area (Å²) in [7, 11) is 0. The van der Waals surface area contributed by atoms with E-state index in [4.69, 9.17) is 18.9 Å². The summed E-state index contributed by atoms with van der Waals surface area (Å²) in [5.74, 6) is 3.50. The first kappa shape index (κ1) is 28.6. The van der Waals surface area contributed by atoms with E-state index < -0.39 is 0 Å². The highest BCUT2D eigenvalue weighted by molar-refractivity contribution is 5.69. The van der Waals surface area contributed by atoms with Crippen LogP contribution in [-0.4, -0.2) is 38.6 Å². The van der Waals surface area contributed by atoms with Crippen molar-refractivity contribution in [3.63, 3.8) is 0 Å². The molecule has 0 bridgehead atoms. The Morgan fingerprint density at radius 1 is 0.707 bits per heavy atom. The number of benzene rings is 2. The van der Waals surface area contributed by atoms with Gasteiger partial charge in [0.2, 0.25) is 0 Å². The van der Waals surface area contributed by atoms with Gasteiger partial charge in [-0.1, -0.05) is 52.0 Å². The van der Waals surface area contributed by atoms with Crippen molar-refractivity contribution in [1.29, 1.82) is 0 Å². The topological polar surface area (TPSA) is 43.5 Å². The molecule has 0 spiro atoms. The van der Waals surface area contributed by atoms with E-state index in [1.54, 1.807) is 0 Å². The number of ether oxygens (including phenoxy) is 4. The van der Waals surface area contributed by atoms with Crippen LogP contribution in [0.3, 0.4) is 0 Å². The van der Waals surface area contributed by atoms with Gasteiger partial charge in [-0.3, -0.25) is 0 Å². The number of hydrogen-bond acceptors (Lipinski definition) is 4. The number of aryl methyl sites for hydroxylation is 2. The molecule has 4 unspecified atom stereocenters. The van der Waals surface area contributed by atoms with Crippen molar-refractivity contribution < 1.29 is 18.9 Å². The maximum absolute atomic E-state index is 6.04. The molecule has 2 aromatic carbocycles. The van der Waals surface area contributed by atoms with E-state index in [0.29, 0.717) is 30.8 Å². The molecule has 41 heavy (non-hydrogen) atoms. The van der Waals surface area contributed by atoms with Gasteiger partial charge in [-0.15, -0.1) is 0 Å². The third-order valence-corrected chi connectivity index (χ3v) is 10.2. The lowest BCUT2D eigenvalue weighted by Gasteiger charge is -2.44. The summed E-state index contributed by atoms with van der Waals surface area (Å²) in [6, 6.07) is 13.6. The highest BCUT2D eigenvalue weighted by Gasteiger charge is 2.38.